The van der Waals surface area contributed by atoms with Gasteiger partial charge < -0.3 is 8.94 Å². The highest BCUT2D eigenvalue weighted by molar-refractivity contribution is 7.16. The number of hydrazone groups is 1. The van der Waals surface area contributed by atoms with E-state index in [1.165, 1.54) is 24.4 Å². The maximum atomic E-state index is 11.8. The molecule has 0 unspecified atom stereocenters. The molecule has 3 rings (SSSR count). The predicted octanol–water partition coefficient (Wildman–Crippen LogP) is 1.97. The first kappa shape index (κ1) is 16.9. The van der Waals surface area contributed by atoms with Crippen molar-refractivity contribution >= 4 is 34.3 Å². The van der Waals surface area contributed by atoms with Crippen LogP contribution in [0.25, 0.3) is 11.6 Å². The van der Waals surface area contributed by atoms with Crippen LogP contribution < -0.4 is 5.43 Å². The molecule has 0 radical (unpaired) electrons. The standard InChI is InChI=1S/C12H6N6O7S/c19-11(15-13-5-6-1-4-9(26-6)18(22)23)12-14-10(16-25-12)7-2-3-8(24-7)17(20)21/h1-5H,(H,15,19)/b13-5+. The molecular weight excluding hydrogens is 372 g/mol. The summed E-state index contributed by atoms with van der Waals surface area (Å²) < 4.78 is 9.61. The van der Waals surface area contributed by atoms with Crippen LogP contribution in [0.1, 0.15) is 15.6 Å². The molecule has 1 N–H and O–H groups in total. The summed E-state index contributed by atoms with van der Waals surface area (Å²) in [6.07, 6.45) is 1.21. The van der Waals surface area contributed by atoms with Gasteiger partial charge in [0.05, 0.1) is 22.1 Å². The minimum absolute atomic E-state index is 0.0473. The number of nitrogens with one attached hydrogen (secondary N) is 1. The lowest BCUT2D eigenvalue weighted by Gasteiger charge is -1.91. The molecule has 0 atom stereocenters. The summed E-state index contributed by atoms with van der Waals surface area (Å²) in [6, 6.07) is 5.14. The number of nitrogens with zero attached hydrogens (tertiary/aromatic N) is 5. The largest absolute Gasteiger partial charge is 0.433 e. The maximum absolute atomic E-state index is 11.8. The molecule has 0 aliphatic rings. The van der Waals surface area contributed by atoms with Gasteiger partial charge in [0.15, 0.2) is 5.76 Å². The van der Waals surface area contributed by atoms with Crippen molar-refractivity contribution < 1.29 is 23.6 Å². The van der Waals surface area contributed by atoms with E-state index in [4.69, 9.17) is 8.94 Å². The Labute approximate surface area is 146 Å². The van der Waals surface area contributed by atoms with Crippen LogP contribution in [0.5, 0.6) is 0 Å². The molecule has 0 saturated heterocycles. The molecule has 3 heterocycles. The Morgan fingerprint density at radius 1 is 1.23 bits per heavy atom. The third kappa shape index (κ3) is 3.59. The fourth-order valence-corrected chi connectivity index (χ4v) is 2.37. The molecule has 0 saturated carbocycles. The van der Waals surface area contributed by atoms with Crippen molar-refractivity contribution in [2.24, 2.45) is 5.10 Å². The van der Waals surface area contributed by atoms with Crippen LogP contribution in [0.2, 0.25) is 0 Å². The average Bonchev–Trinajstić information content (AvgIpc) is 3.33. The van der Waals surface area contributed by atoms with E-state index < -0.39 is 27.5 Å². The Kier molecular flexibility index (Phi) is 4.48. The fraction of sp³-hybridized carbons (Fsp3) is 0. The highest BCUT2D eigenvalue weighted by Crippen LogP contribution is 2.24. The third-order valence-corrected chi connectivity index (χ3v) is 3.73. The lowest BCUT2D eigenvalue weighted by molar-refractivity contribution is -0.401. The first-order chi connectivity index (χ1) is 12.4. The zero-order valence-electron chi connectivity index (χ0n) is 12.4. The zero-order valence-corrected chi connectivity index (χ0v) is 13.2. The molecule has 0 aliphatic heterocycles. The van der Waals surface area contributed by atoms with E-state index in [2.05, 4.69) is 20.7 Å². The van der Waals surface area contributed by atoms with Crippen LogP contribution in [0.15, 0.2) is 38.3 Å². The number of carbonyl (C=O) groups is 1. The summed E-state index contributed by atoms with van der Waals surface area (Å²) in [4.78, 5) is 35.9. The van der Waals surface area contributed by atoms with E-state index in [9.17, 15) is 25.0 Å². The van der Waals surface area contributed by atoms with E-state index in [0.717, 1.165) is 17.4 Å². The Morgan fingerprint density at radius 2 is 2.04 bits per heavy atom. The molecule has 0 bridgehead atoms. The van der Waals surface area contributed by atoms with Crippen molar-refractivity contribution in [3.05, 3.63) is 55.3 Å². The molecule has 3 aromatic rings. The van der Waals surface area contributed by atoms with Gasteiger partial charge in [0.2, 0.25) is 5.82 Å². The van der Waals surface area contributed by atoms with Gasteiger partial charge in [-0.05, 0) is 12.1 Å². The van der Waals surface area contributed by atoms with E-state index in [1.54, 1.807) is 0 Å². The van der Waals surface area contributed by atoms with Gasteiger partial charge in [-0.2, -0.15) is 10.1 Å². The number of furan rings is 1. The van der Waals surface area contributed by atoms with E-state index in [1.807, 2.05) is 0 Å². The number of nitro groups is 2. The van der Waals surface area contributed by atoms with Gasteiger partial charge in [0.1, 0.15) is 4.92 Å². The van der Waals surface area contributed by atoms with E-state index in [0.29, 0.717) is 4.88 Å². The lowest BCUT2D eigenvalue weighted by atomic mass is 10.4. The van der Waals surface area contributed by atoms with Crippen molar-refractivity contribution in [3.63, 3.8) is 0 Å². The van der Waals surface area contributed by atoms with Crippen LogP contribution in [-0.2, 0) is 0 Å². The van der Waals surface area contributed by atoms with E-state index in [-0.39, 0.29) is 16.6 Å². The summed E-state index contributed by atoms with van der Waals surface area (Å²) in [5.74, 6) is -2.00. The van der Waals surface area contributed by atoms with Gasteiger partial charge in [0, 0.05) is 6.07 Å². The summed E-state index contributed by atoms with van der Waals surface area (Å²) >= 11 is 0.876. The Balaban J connectivity index is 1.64. The number of rotatable bonds is 6. The van der Waals surface area contributed by atoms with Gasteiger partial charge >= 0.3 is 22.7 Å². The maximum Gasteiger partial charge on any atom is 0.433 e. The Bertz CT molecular complexity index is 1020. The molecule has 132 valence electrons. The van der Waals surface area contributed by atoms with Crippen molar-refractivity contribution in [1.29, 1.82) is 0 Å². The highest BCUT2D eigenvalue weighted by Gasteiger charge is 2.20. The lowest BCUT2D eigenvalue weighted by Crippen LogP contribution is -2.17. The SMILES string of the molecule is O=C(N/N=C/c1ccc([N+](=O)[O-])s1)c1nc(-c2ccc([N+](=O)[O-])o2)no1. The van der Waals surface area contributed by atoms with Gasteiger partial charge in [-0.25, -0.2) is 5.43 Å². The number of amides is 1. The molecule has 0 aliphatic carbocycles. The minimum atomic E-state index is -0.841. The summed E-state index contributed by atoms with van der Waals surface area (Å²) in [6.45, 7) is 0. The Morgan fingerprint density at radius 3 is 2.69 bits per heavy atom. The second-order valence-electron chi connectivity index (χ2n) is 4.45. The summed E-state index contributed by atoms with van der Waals surface area (Å²) in [7, 11) is 0. The minimum Gasteiger partial charge on any atom is -0.397 e. The molecule has 0 aromatic carbocycles. The number of aromatic nitrogens is 2. The van der Waals surface area contributed by atoms with Crippen LogP contribution >= 0.6 is 11.3 Å². The molecule has 0 spiro atoms. The quantitative estimate of drug-likeness (QED) is 0.381. The average molecular weight is 378 g/mol. The van der Waals surface area contributed by atoms with Crippen molar-refractivity contribution in [2.45, 2.75) is 0 Å². The van der Waals surface area contributed by atoms with Gasteiger partial charge in [-0.15, -0.1) is 0 Å². The topological polar surface area (TPSA) is 180 Å². The number of hydrogen-bond donors (Lipinski definition) is 1. The van der Waals surface area contributed by atoms with Crippen LogP contribution in [-0.4, -0.2) is 32.1 Å². The number of carbonyl (C=O) groups excluding carboxylic acids is 1. The highest BCUT2D eigenvalue weighted by atomic mass is 32.1. The fourth-order valence-electron chi connectivity index (χ4n) is 1.67. The van der Waals surface area contributed by atoms with Crippen LogP contribution in [0.3, 0.4) is 0 Å². The Hall–Kier alpha value is -3.94. The molecule has 13 nitrogen and oxygen atoms in total. The number of hydrogen-bond acceptors (Lipinski definition) is 11. The first-order valence-electron chi connectivity index (χ1n) is 6.60. The van der Waals surface area contributed by atoms with Gasteiger partial charge in [-0.3, -0.25) is 25.0 Å². The number of thiophene rings is 1. The summed E-state index contributed by atoms with van der Waals surface area (Å²) in [5, 5.41) is 28.2. The molecule has 26 heavy (non-hydrogen) atoms. The van der Waals surface area contributed by atoms with Crippen LogP contribution in [0, 0.1) is 20.2 Å². The second-order valence-corrected chi connectivity index (χ2v) is 5.54. The molecule has 0 fully saturated rings. The predicted molar refractivity (Wildman–Crippen MR) is 84.7 cm³/mol. The smallest absolute Gasteiger partial charge is 0.397 e. The first-order valence-corrected chi connectivity index (χ1v) is 7.41. The third-order valence-electron chi connectivity index (χ3n) is 2.76. The van der Waals surface area contributed by atoms with Gasteiger partial charge in [0.25, 0.3) is 0 Å². The normalized spacial score (nSPS) is 10.9. The van der Waals surface area contributed by atoms with Crippen LogP contribution in [0.4, 0.5) is 10.9 Å². The molecular formula is C12H6N6O7S. The molecule has 14 heteroatoms. The van der Waals surface area contributed by atoms with Crippen molar-refractivity contribution in [2.75, 3.05) is 0 Å². The summed E-state index contributed by atoms with van der Waals surface area (Å²) in [5.41, 5.74) is 2.11. The second kappa shape index (κ2) is 6.89. The van der Waals surface area contributed by atoms with Crippen molar-refractivity contribution in [3.8, 4) is 11.6 Å². The zero-order chi connectivity index (χ0) is 18.7. The molecule has 3 aromatic heterocycles. The van der Waals surface area contributed by atoms with Gasteiger partial charge in [-0.1, -0.05) is 16.5 Å². The van der Waals surface area contributed by atoms with Crippen molar-refractivity contribution in [1.82, 2.24) is 15.6 Å². The monoisotopic (exact) mass is 378 g/mol. The van der Waals surface area contributed by atoms with E-state index >= 15 is 0 Å². The molecule has 1 amide bonds.